The SMILES string of the molecule is Cc1cn2cncc2c(CC#N)n1. The lowest BCUT2D eigenvalue weighted by Gasteiger charge is -2.00. The van der Waals surface area contributed by atoms with E-state index in [4.69, 9.17) is 5.26 Å². The number of hydrogen-bond donors (Lipinski definition) is 0. The summed E-state index contributed by atoms with van der Waals surface area (Å²) in [6.45, 7) is 1.90. The van der Waals surface area contributed by atoms with Crippen LogP contribution in [0.1, 0.15) is 11.4 Å². The first-order chi connectivity index (χ1) is 6.31. The highest BCUT2D eigenvalue weighted by Gasteiger charge is 2.03. The number of fused-ring (bicyclic) bond motifs is 1. The average molecular weight is 172 g/mol. The molecular formula is C9H8N4. The van der Waals surface area contributed by atoms with Gasteiger partial charge >= 0.3 is 0 Å². The molecule has 0 saturated carbocycles. The maximum Gasteiger partial charge on any atom is 0.0993 e. The van der Waals surface area contributed by atoms with Gasteiger partial charge in [-0.15, -0.1) is 0 Å². The van der Waals surface area contributed by atoms with Crippen LogP contribution in [0.4, 0.5) is 0 Å². The van der Waals surface area contributed by atoms with E-state index in [1.807, 2.05) is 17.5 Å². The summed E-state index contributed by atoms with van der Waals surface area (Å²) in [4.78, 5) is 8.28. The molecule has 0 aliphatic carbocycles. The minimum Gasteiger partial charge on any atom is -0.303 e. The third-order valence-corrected chi connectivity index (χ3v) is 1.85. The fraction of sp³-hybridized carbons (Fsp3) is 0.222. The second kappa shape index (κ2) is 2.87. The second-order valence-corrected chi connectivity index (χ2v) is 2.85. The van der Waals surface area contributed by atoms with Gasteiger partial charge in [-0.1, -0.05) is 0 Å². The lowest BCUT2D eigenvalue weighted by Crippen LogP contribution is -1.96. The Kier molecular flexibility index (Phi) is 1.71. The van der Waals surface area contributed by atoms with Crippen LogP contribution < -0.4 is 0 Å². The predicted molar refractivity (Wildman–Crippen MR) is 47.0 cm³/mol. The van der Waals surface area contributed by atoms with Gasteiger partial charge in [-0.05, 0) is 6.92 Å². The van der Waals surface area contributed by atoms with Gasteiger partial charge in [0.1, 0.15) is 0 Å². The van der Waals surface area contributed by atoms with E-state index in [0.29, 0.717) is 6.42 Å². The zero-order valence-electron chi connectivity index (χ0n) is 7.23. The average Bonchev–Trinajstić information content (AvgIpc) is 2.52. The molecular weight excluding hydrogens is 164 g/mol. The highest BCUT2D eigenvalue weighted by Crippen LogP contribution is 2.09. The van der Waals surface area contributed by atoms with Gasteiger partial charge in [-0.3, -0.25) is 4.98 Å². The van der Waals surface area contributed by atoms with Gasteiger partial charge in [0, 0.05) is 6.20 Å². The molecule has 0 fully saturated rings. The molecule has 2 aromatic rings. The molecule has 0 amide bonds. The van der Waals surface area contributed by atoms with Gasteiger partial charge in [0.2, 0.25) is 0 Å². The third kappa shape index (κ3) is 1.25. The first-order valence-corrected chi connectivity index (χ1v) is 3.96. The van der Waals surface area contributed by atoms with Crippen molar-refractivity contribution in [3.8, 4) is 6.07 Å². The van der Waals surface area contributed by atoms with Crippen LogP contribution in [0.15, 0.2) is 18.7 Å². The van der Waals surface area contributed by atoms with Crippen molar-refractivity contribution < 1.29 is 0 Å². The van der Waals surface area contributed by atoms with Gasteiger partial charge in [0.05, 0.1) is 41.9 Å². The minimum absolute atomic E-state index is 0.330. The van der Waals surface area contributed by atoms with Gasteiger partial charge in [-0.25, -0.2) is 4.98 Å². The van der Waals surface area contributed by atoms with E-state index in [9.17, 15) is 0 Å². The number of aromatic nitrogens is 3. The lowest BCUT2D eigenvalue weighted by atomic mass is 10.3. The quantitative estimate of drug-likeness (QED) is 0.647. The Hall–Kier alpha value is -1.89. The molecule has 2 heterocycles. The fourth-order valence-electron chi connectivity index (χ4n) is 1.34. The maximum absolute atomic E-state index is 8.59. The molecule has 0 bridgehead atoms. The molecule has 2 rings (SSSR count). The molecule has 0 spiro atoms. The summed E-state index contributed by atoms with van der Waals surface area (Å²) < 4.78 is 1.88. The Labute approximate surface area is 75.5 Å². The summed E-state index contributed by atoms with van der Waals surface area (Å²) in [5.74, 6) is 0. The molecule has 0 N–H and O–H groups in total. The van der Waals surface area contributed by atoms with E-state index < -0.39 is 0 Å². The molecule has 0 atom stereocenters. The van der Waals surface area contributed by atoms with Crippen molar-refractivity contribution in [1.29, 1.82) is 5.26 Å². The van der Waals surface area contributed by atoms with E-state index in [1.54, 1.807) is 12.5 Å². The Bertz CT molecular complexity index is 478. The number of hydrogen-bond acceptors (Lipinski definition) is 3. The zero-order chi connectivity index (χ0) is 9.26. The van der Waals surface area contributed by atoms with Crippen LogP contribution >= 0.6 is 0 Å². The molecule has 0 radical (unpaired) electrons. The van der Waals surface area contributed by atoms with Gasteiger partial charge in [0.15, 0.2) is 0 Å². The van der Waals surface area contributed by atoms with Crippen molar-refractivity contribution >= 4 is 5.52 Å². The number of rotatable bonds is 1. The van der Waals surface area contributed by atoms with Crippen molar-refractivity contribution in [3.63, 3.8) is 0 Å². The van der Waals surface area contributed by atoms with E-state index in [2.05, 4.69) is 16.0 Å². The van der Waals surface area contributed by atoms with Crippen molar-refractivity contribution in [2.45, 2.75) is 13.3 Å². The first kappa shape index (κ1) is 7.74. The molecule has 13 heavy (non-hydrogen) atoms. The Morgan fingerprint density at radius 3 is 3.23 bits per heavy atom. The Morgan fingerprint density at radius 1 is 1.62 bits per heavy atom. The Balaban J connectivity index is 2.71. The summed E-state index contributed by atoms with van der Waals surface area (Å²) in [6.07, 6.45) is 5.66. The number of nitriles is 1. The molecule has 0 unspecified atom stereocenters. The minimum atomic E-state index is 0.330. The molecule has 4 heteroatoms. The van der Waals surface area contributed by atoms with E-state index >= 15 is 0 Å². The molecule has 4 nitrogen and oxygen atoms in total. The molecule has 0 aliphatic rings. The first-order valence-electron chi connectivity index (χ1n) is 3.96. The van der Waals surface area contributed by atoms with Crippen LogP contribution in [-0.2, 0) is 6.42 Å². The second-order valence-electron chi connectivity index (χ2n) is 2.85. The maximum atomic E-state index is 8.59. The summed E-state index contributed by atoms with van der Waals surface area (Å²) in [6, 6.07) is 2.09. The number of imidazole rings is 1. The standard InChI is InChI=1S/C9H8N4/c1-7-5-13-6-11-4-9(13)8(12-7)2-3-10/h4-6H,2H2,1H3. The summed E-state index contributed by atoms with van der Waals surface area (Å²) in [5, 5.41) is 8.59. The highest BCUT2D eigenvalue weighted by molar-refractivity contribution is 5.50. The summed E-state index contributed by atoms with van der Waals surface area (Å²) in [5.41, 5.74) is 2.60. The third-order valence-electron chi connectivity index (χ3n) is 1.85. The van der Waals surface area contributed by atoms with Crippen LogP contribution in [0, 0.1) is 18.3 Å². The van der Waals surface area contributed by atoms with Gasteiger partial charge < -0.3 is 4.40 Å². The van der Waals surface area contributed by atoms with Crippen molar-refractivity contribution in [3.05, 3.63) is 30.1 Å². The van der Waals surface area contributed by atoms with Gasteiger partial charge in [0.25, 0.3) is 0 Å². The van der Waals surface area contributed by atoms with Crippen LogP contribution in [-0.4, -0.2) is 14.4 Å². The number of aryl methyl sites for hydroxylation is 1. The molecule has 0 aromatic carbocycles. The predicted octanol–water partition coefficient (Wildman–Crippen LogP) is 1.10. The van der Waals surface area contributed by atoms with E-state index in [-0.39, 0.29) is 0 Å². The van der Waals surface area contributed by atoms with Crippen LogP contribution in [0.25, 0.3) is 5.52 Å². The molecule has 0 saturated heterocycles. The fourth-order valence-corrected chi connectivity index (χ4v) is 1.34. The van der Waals surface area contributed by atoms with Crippen molar-refractivity contribution in [2.24, 2.45) is 0 Å². The van der Waals surface area contributed by atoms with Crippen molar-refractivity contribution in [1.82, 2.24) is 14.4 Å². The zero-order valence-corrected chi connectivity index (χ0v) is 7.23. The van der Waals surface area contributed by atoms with Gasteiger partial charge in [-0.2, -0.15) is 5.26 Å². The van der Waals surface area contributed by atoms with Crippen LogP contribution in [0.5, 0.6) is 0 Å². The highest BCUT2D eigenvalue weighted by atomic mass is 15.0. The summed E-state index contributed by atoms with van der Waals surface area (Å²) >= 11 is 0. The Morgan fingerprint density at radius 2 is 2.46 bits per heavy atom. The van der Waals surface area contributed by atoms with E-state index in [1.165, 1.54) is 0 Å². The topological polar surface area (TPSA) is 54.0 Å². The van der Waals surface area contributed by atoms with E-state index in [0.717, 1.165) is 16.9 Å². The molecule has 64 valence electrons. The van der Waals surface area contributed by atoms with Crippen LogP contribution in [0.2, 0.25) is 0 Å². The smallest absolute Gasteiger partial charge is 0.0993 e. The lowest BCUT2D eigenvalue weighted by molar-refractivity contribution is 1.00. The molecule has 2 aromatic heterocycles. The monoisotopic (exact) mass is 172 g/mol. The molecule has 0 aliphatic heterocycles. The summed E-state index contributed by atoms with van der Waals surface area (Å²) in [7, 11) is 0. The largest absolute Gasteiger partial charge is 0.303 e. The van der Waals surface area contributed by atoms with Crippen molar-refractivity contribution in [2.75, 3.05) is 0 Å². The van der Waals surface area contributed by atoms with Crippen LogP contribution in [0.3, 0.4) is 0 Å². The normalized spacial score (nSPS) is 10.2. The number of nitrogens with zero attached hydrogens (tertiary/aromatic N) is 4.